The van der Waals surface area contributed by atoms with Crippen LogP contribution in [-0.2, 0) is 4.79 Å². The first-order valence-electron chi connectivity index (χ1n) is 5.55. The normalized spacial score (nSPS) is 37.8. The molecule has 0 aromatic carbocycles. The van der Waals surface area contributed by atoms with Gasteiger partial charge in [-0.3, -0.25) is 4.79 Å². The summed E-state index contributed by atoms with van der Waals surface area (Å²) in [4.78, 5) is 11.3. The summed E-state index contributed by atoms with van der Waals surface area (Å²) in [6.45, 7) is 1.97. The number of piperidine rings is 1. The van der Waals surface area contributed by atoms with Crippen LogP contribution in [0, 0.1) is 5.92 Å². The molecule has 2 aliphatic rings. The summed E-state index contributed by atoms with van der Waals surface area (Å²) in [5.74, 6) is 1.14. The van der Waals surface area contributed by atoms with E-state index in [-0.39, 0.29) is 0 Å². The summed E-state index contributed by atoms with van der Waals surface area (Å²) in [6.07, 6.45) is 6.71. The molecule has 2 rings (SSSR count). The minimum absolute atomic E-state index is 0.450. The van der Waals surface area contributed by atoms with Gasteiger partial charge in [-0.15, -0.1) is 0 Å². The molecule has 2 heterocycles. The molecule has 0 aromatic rings. The zero-order valence-electron chi connectivity index (χ0n) is 8.38. The van der Waals surface area contributed by atoms with E-state index in [2.05, 4.69) is 5.32 Å². The van der Waals surface area contributed by atoms with Gasteiger partial charge in [0.05, 0.1) is 0 Å². The molecule has 2 unspecified atom stereocenters. The molecule has 2 heteroatoms. The molecule has 0 aliphatic carbocycles. The van der Waals surface area contributed by atoms with Crippen LogP contribution in [0.3, 0.4) is 0 Å². The quantitative estimate of drug-likeness (QED) is 0.720. The smallest absolute Gasteiger partial charge is 0.132 e. The summed E-state index contributed by atoms with van der Waals surface area (Å²) in [6, 6.07) is 1.46. The molecule has 0 radical (unpaired) electrons. The van der Waals surface area contributed by atoms with Crippen LogP contribution < -0.4 is 5.32 Å². The van der Waals surface area contributed by atoms with E-state index >= 15 is 0 Å². The van der Waals surface area contributed by atoms with Crippen LogP contribution in [0.4, 0.5) is 0 Å². The second-order valence-electron chi connectivity index (χ2n) is 4.57. The number of carbonyl (C=O) groups is 1. The van der Waals surface area contributed by atoms with Gasteiger partial charge in [0.2, 0.25) is 0 Å². The van der Waals surface area contributed by atoms with Crippen molar-refractivity contribution in [1.29, 1.82) is 0 Å². The first kappa shape index (κ1) is 9.20. The van der Waals surface area contributed by atoms with Crippen molar-refractivity contribution in [3.8, 4) is 0 Å². The Labute approximate surface area is 80.1 Å². The second-order valence-corrected chi connectivity index (χ2v) is 4.57. The third-order valence-corrected chi connectivity index (χ3v) is 3.48. The van der Waals surface area contributed by atoms with E-state index in [0.29, 0.717) is 11.7 Å². The maximum Gasteiger partial charge on any atom is 0.132 e. The monoisotopic (exact) mass is 181 g/mol. The SMILES string of the molecule is CCC(=O)CC1CC2CCC(C1)N2. The van der Waals surface area contributed by atoms with Gasteiger partial charge in [0, 0.05) is 24.9 Å². The van der Waals surface area contributed by atoms with Gasteiger partial charge in [-0.2, -0.15) is 0 Å². The predicted molar refractivity (Wildman–Crippen MR) is 52.6 cm³/mol. The predicted octanol–water partition coefficient (Wildman–Crippen LogP) is 1.89. The summed E-state index contributed by atoms with van der Waals surface area (Å²) in [5.41, 5.74) is 0. The van der Waals surface area contributed by atoms with Crippen molar-refractivity contribution in [3.05, 3.63) is 0 Å². The van der Waals surface area contributed by atoms with Crippen molar-refractivity contribution in [2.24, 2.45) is 5.92 Å². The third kappa shape index (κ3) is 2.11. The van der Waals surface area contributed by atoms with Gasteiger partial charge in [-0.05, 0) is 31.6 Å². The first-order valence-corrected chi connectivity index (χ1v) is 5.55. The molecular weight excluding hydrogens is 162 g/mol. The molecule has 2 bridgehead atoms. The van der Waals surface area contributed by atoms with Crippen LogP contribution in [0.25, 0.3) is 0 Å². The zero-order valence-corrected chi connectivity index (χ0v) is 8.38. The molecule has 2 saturated heterocycles. The number of carbonyl (C=O) groups excluding carboxylic acids is 1. The van der Waals surface area contributed by atoms with E-state index < -0.39 is 0 Å². The van der Waals surface area contributed by atoms with Crippen molar-refractivity contribution < 1.29 is 4.79 Å². The molecule has 13 heavy (non-hydrogen) atoms. The van der Waals surface area contributed by atoms with Crippen LogP contribution >= 0.6 is 0 Å². The summed E-state index contributed by atoms with van der Waals surface area (Å²) in [7, 11) is 0. The Bertz CT molecular complexity index is 190. The summed E-state index contributed by atoms with van der Waals surface area (Å²) in [5, 5.41) is 3.60. The highest BCUT2D eigenvalue weighted by atomic mass is 16.1. The number of Topliss-reactive ketones (excluding diaryl/α,β-unsaturated/α-hetero) is 1. The van der Waals surface area contributed by atoms with E-state index in [1.165, 1.54) is 25.7 Å². The minimum Gasteiger partial charge on any atom is -0.311 e. The van der Waals surface area contributed by atoms with E-state index in [9.17, 15) is 4.79 Å². The van der Waals surface area contributed by atoms with E-state index in [4.69, 9.17) is 0 Å². The lowest BCUT2D eigenvalue weighted by molar-refractivity contribution is -0.119. The largest absolute Gasteiger partial charge is 0.311 e. The Morgan fingerprint density at radius 3 is 2.46 bits per heavy atom. The average molecular weight is 181 g/mol. The fraction of sp³-hybridized carbons (Fsp3) is 0.909. The second kappa shape index (κ2) is 3.79. The van der Waals surface area contributed by atoms with E-state index in [1.54, 1.807) is 0 Å². The molecule has 2 nitrogen and oxygen atoms in total. The van der Waals surface area contributed by atoms with Crippen LogP contribution in [0.5, 0.6) is 0 Å². The molecule has 0 amide bonds. The average Bonchev–Trinajstić information content (AvgIpc) is 2.46. The Morgan fingerprint density at radius 2 is 1.92 bits per heavy atom. The zero-order chi connectivity index (χ0) is 9.26. The van der Waals surface area contributed by atoms with Crippen molar-refractivity contribution in [2.45, 2.75) is 57.5 Å². The van der Waals surface area contributed by atoms with Gasteiger partial charge in [-0.25, -0.2) is 0 Å². The maximum atomic E-state index is 11.3. The number of fused-ring (bicyclic) bond motifs is 2. The van der Waals surface area contributed by atoms with Crippen LogP contribution in [0.2, 0.25) is 0 Å². The highest BCUT2D eigenvalue weighted by Crippen LogP contribution is 2.32. The minimum atomic E-state index is 0.450. The van der Waals surface area contributed by atoms with Gasteiger partial charge in [0.15, 0.2) is 0 Å². The molecule has 2 aliphatic heterocycles. The maximum absolute atomic E-state index is 11.3. The Kier molecular flexibility index (Phi) is 2.68. The number of hydrogen-bond acceptors (Lipinski definition) is 2. The Morgan fingerprint density at radius 1 is 1.31 bits per heavy atom. The first-order chi connectivity index (χ1) is 6.28. The van der Waals surface area contributed by atoms with Gasteiger partial charge in [-0.1, -0.05) is 6.92 Å². The molecule has 2 fully saturated rings. The fourth-order valence-electron chi connectivity index (χ4n) is 2.81. The molecular formula is C11H19NO. The molecule has 2 atom stereocenters. The molecule has 74 valence electrons. The van der Waals surface area contributed by atoms with Crippen molar-refractivity contribution >= 4 is 5.78 Å². The van der Waals surface area contributed by atoms with E-state index in [0.717, 1.165) is 24.9 Å². The van der Waals surface area contributed by atoms with Crippen LogP contribution in [0.15, 0.2) is 0 Å². The highest BCUT2D eigenvalue weighted by Gasteiger charge is 2.33. The fourth-order valence-corrected chi connectivity index (χ4v) is 2.81. The van der Waals surface area contributed by atoms with Crippen molar-refractivity contribution in [1.82, 2.24) is 5.32 Å². The van der Waals surface area contributed by atoms with Crippen molar-refractivity contribution in [3.63, 3.8) is 0 Å². The lowest BCUT2D eigenvalue weighted by atomic mass is 9.88. The topological polar surface area (TPSA) is 29.1 Å². The Hall–Kier alpha value is -0.370. The molecule has 0 saturated carbocycles. The highest BCUT2D eigenvalue weighted by molar-refractivity contribution is 5.78. The molecule has 0 spiro atoms. The lowest BCUT2D eigenvalue weighted by Crippen LogP contribution is -2.38. The van der Waals surface area contributed by atoms with E-state index in [1.807, 2.05) is 6.92 Å². The number of hydrogen-bond donors (Lipinski definition) is 1. The summed E-state index contributed by atoms with van der Waals surface area (Å²) < 4.78 is 0. The van der Waals surface area contributed by atoms with Gasteiger partial charge < -0.3 is 5.32 Å². The number of rotatable bonds is 3. The summed E-state index contributed by atoms with van der Waals surface area (Å²) >= 11 is 0. The molecule has 1 N–H and O–H groups in total. The van der Waals surface area contributed by atoms with Gasteiger partial charge in [0.25, 0.3) is 0 Å². The Balaban J connectivity index is 1.85. The standard InChI is InChI=1S/C11H19NO/c1-2-11(13)7-8-5-9-3-4-10(6-8)12-9/h8-10,12H,2-7H2,1H3. The molecule has 0 aromatic heterocycles. The number of nitrogens with one attached hydrogen (secondary N) is 1. The van der Waals surface area contributed by atoms with Gasteiger partial charge >= 0.3 is 0 Å². The third-order valence-electron chi connectivity index (χ3n) is 3.48. The van der Waals surface area contributed by atoms with Gasteiger partial charge in [0.1, 0.15) is 5.78 Å². The van der Waals surface area contributed by atoms with Crippen LogP contribution in [0.1, 0.15) is 45.4 Å². The van der Waals surface area contributed by atoms with Crippen LogP contribution in [-0.4, -0.2) is 17.9 Å². The lowest BCUT2D eigenvalue weighted by Gasteiger charge is -2.28. The van der Waals surface area contributed by atoms with Crippen molar-refractivity contribution in [2.75, 3.05) is 0 Å². The number of ketones is 1.